The fourth-order valence-electron chi connectivity index (χ4n) is 1.16. The van der Waals surface area contributed by atoms with Crippen molar-refractivity contribution in [1.29, 1.82) is 5.26 Å². The van der Waals surface area contributed by atoms with Crippen LogP contribution in [0.25, 0.3) is 10.9 Å². The van der Waals surface area contributed by atoms with Crippen LogP contribution in [0.4, 0.5) is 0 Å². The van der Waals surface area contributed by atoms with Gasteiger partial charge < -0.3 is 4.98 Å². The summed E-state index contributed by atoms with van der Waals surface area (Å²) in [4.78, 5) is 3.08. The number of nitriles is 1. The quantitative estimate of drug-likeness (QED) is 0.729. The summed E-state index contributed by atoms with van der Waals surface area (Å²) < 4.78 is 0.995. The van der Waals surface area contributed by atoms with Gasteiger partial charge in [-0.15, -0.1) is 0 Å². The highest BCUT2D eigenvalue weighted by atomic mass is 79.9. The maximum atomic E-state index is 8.65. The van der Waals surface area contributed by atoms with Crippen LogP contribution >= 0.6 is 15.9 Å². The molecule has 1 heterocycles. The van der Waals surface area contributed by atoms with Crippen LogP contribution in [0.5, 0.6) is 0 Å². The highest BCUT2D eigenvalue weighted by Crippen LogP contribution is 2.23. The number of H-pyrrole nitrogens is 1. The molecule has 2 rings (SSSR count). The van der Waals surface area contributed by atoms with Crippen LogP contribution in [-0.4, -0.2) is 4.98 Å². The van der Waals surface area contributed by atoms with Crippen LogP contribution in [-0.2, 0) is 0 Å². The molecule has 2 nitrogen and oxygen atoms in total. The average Bonchev–Trinajstić information content (AvgIpc) is 2.47. The van der Waals surface area contributed by atoms with E-state index in [4.69, 9.17) is 5.26 Å². The van der Waals surface area contributed by atoms with E-state index in [1.165, 1.54) is 0 Å². The van der Waals surface area contributed by atoms with E-state index in [9.17, 15) is 0 Å². The Balaban J connectivity index is 2.82. The second kappa shape index (κ2) is 2.65. The van der Waals surface area contributed by atoms with Gasteiger partial charge in [0.1, 0.15) is 0 Å². The van der Waals surface area contributed by atoms with Gasteiger partial charge in [0.2, 0.25) is 0 Å². The molecule has 0 bridgehead atoms. The Morgan fingerprint density at radius 2 is 2.25 bits per heavy atom. The molecule has 0 unspecified atom stereocenters. The number of nitrogens with zero attached hydrogens (tertiary/aromatic N) is 1. The van der Waals surface area contributed by atoms with Crippen LogP contribution < -0.4 is 0 Å². The number of hydrogen-bond donors (Lipinski definition) is 1. The smallest absolute Gasteiger partial charge is 0.0991 e. The van der Waals surface area contributed by atoms with Gasteiger partial charge in [0.25, 0.3) is 0 Å². The molecule has 1 aromatic carbocycles. The molecule has 0 spiro atoms. The standard InChI is InChI=1S/C9H5BrN2/c10-8-5-12-9-2-1-6(4-11)3-7(8)9/h1-3,5,12H. The summed E-state index contributed by atoms with van der Waals surface area (Å²) in [6.07, 6.45) is 1.87. The minimum Gasteiger partial charge on any atom is -0.360 e. The lowest BCUT2D eigenvalue weighted by atomic mass is 10.2. The molecule has 2 aromatic rings. The molecule has 0 saturated carbocycles. The van der Waals surface area contributed by atoms with E-state index in [-0.39, 0.29) is 0 Å². The number of rotatable bonds is 0. The van der Waals surface area contributed by atoms with Gasteiger partial charge in [-0.3, -0.25) is 0 Å². The summed E-state index contributed by atoms with van der Waals surface area (Å²) >= 11 is 3.39. The van der Waals surface area contributed by atoms with E-state index < -0.39 is 0 Å². The molecule has 58 valence electrons. The lowest BCUT2D eigenvalue weighted by molar-refractivity contribution is 1.46. The second-order valence-corrected chi connectivity index (χ2v) is 3.36. The van der Waals surface area contributed by atoms with Gasteiger partial charge >= 0.3 is 0 Å². The molecule has 1 aromatic heterocycles. The van der Waals surface area contributed by atoms with Crippen molar-refractivity contribution in [2.24, 2.45) is 0 Å². The molecular formula is C9H5BrN2. The Morgan fingerprint density at radius 1 is 1.42 bits per heavy atom. The first-order valence-corrected chi connectivity index (χ1v) is 4.27. The highest BCUT2D eigenvalue weighted by Gasteiger charge is 2.00. The van der Waals surface area contributed by atoms with E-state index >= 15 is 0 Å². The Bertz CT molecular complexity index is 465. The monoisotopic (exact) mass is 220 g/mol. The highest BCUT2D eigenvalue weighted by molar-refractivity contribution is 9.10. The molecule has 1 N–H and O–H groups in total. The van der Waals surface area contributed by atoms with Crippen molar-refractivity contribution < 1.29 is 0 Å². The third-order valence-electron chi connectivity index (χ3n) is 1.76. The average molecular weight is 221 g/mol. The van der Waals surface area contributed by atoms with E-state index in [0.29, 0.717) is 5.56 Å². The van der Waals surface area contributed by atoms with Crippen molar-refractivity contribution in [2.75, 3.05) is 0 Å². The Labute approximate surface area is 77.9 Å². The van der Waals surface area contributed by atoms with E-state index in [2.05, 4.69) is 27.0 Å². The molecule has 3 heteroatoms. The predicted molar refractivity (Wildman–Crippen MR) is 50.7 cm³/mol. The number of halogens is 1. The Morgan fingerprint density at radius 3 is 3.00 bits per heavy atom. The number of aromatic amines is 1. The van der Waals surface area contributed by atoms with Gasteiger partial charge in [-0.25, -0.2) is 0 Å². The minimum absolute atomic E-state index is 0.683. The van der Waals surface area contributed by atoms with Crippen LogP contribution in [0.2, 0.25) is 0 Å². The molecule has 0 aliphatic heterocycles. The van der Waals surface area contributed by atoms with Crippen LogP contribution in [0, 0.1) is 11.3 Å². The first kappa shape index (κ1) is 7.38. The zero-order valence-corrected chi connectivity index (χ0v) is 7.72. The first-order valence-electron chi connectivity index (χ1n) is 3.48. The van der Waals surface area contributed by atoms with Crippen LogP contribution in [0.15, 0.2) is 28.9 Å². The molecule has 12 heavy (non-hydrogen) atoms. The van der Waals surface area contributed by atoms with Gasteiger partial charge in [-0.05, 0) is 34.1 Å². The Hall–Kier alpha value is -1.27. The second-order valence-electron chi connectivity index (χ2n) is 2.51. The number of benzene rings is 1. The lowest BCUT2D eigenvalue weighted by Crippen LogP contribution is -1.72. The summed E-state index contributed by atoms with van der Waals surface area (Å²) in [5.74, 6) is 0. The molecular weight excluding hydrogens is 216 g/mol. The topological polar surface area (TPSA) is 39.6 Å². The van der Waals surface area contributed by atoms with Gasteiger partial charge in [0, 0.05) is 21.6 Å². The fourth-order valence-corrected chi connectivity index (χ4v) is 1.60. The zero-order chi connectivity index (χ0) is 8.55. The molecule has 0 saturated heterocycles. The van der Waals surface area contributed by atoms with Crippen molar-refractivity contribution in [3.8, 4) is 6.07 Å². The van der Waals surface area contributed by atoms with Crippen molar-refractivity contribution >= 4 is 26.8 Å². The van der Waals surface area contributed by atoms with Crippen LogP contribution in [0.3, 0.4) is 0 Å². The molecule has 0 atom stereocenters. The zero-order valence-electron chi connectivity index (χ0n) is 6.13. The summed E-state index contributed by atoms with van der Waals surface area (Å²) in [6.45, 7) is 0. The fraction of sp³-hybridized carbons (Fsp3) is 0. The van der Waals surface area contributed by atoms with E-state index in [1.54, 1.807) is 6.07 Å². The third-order valence-corrected chi connectivity index (χ3v) is 2.42. The molecule has 0 fully saturated rings. The molecule has 0 aliphatic rings. The summed E-state index contributed by atoms with van der Waals surface area (Å²) in [7, 11) is 0. The first-order chi connectivity index (χ1) is 5.81. The predicted octanol–water partition coefficient (Wildman–Crippen LogP) is 2.80. The largest absolute Gasteiger partial charge is 0.360 e. The van der Waals surface area contributed by atoms with Gasteiger partial charge in [0.05, 0.1) is 11.6 Å². The number of aromatic nitrogens is 1. The summed E-state index contributed by atoms with van der Waals surface area (Å²) in [6, 6.07) is 7.66. The maximum absolute atomic E-state index is 8.65. The maximum Gasteiger partial charge on any atom is 0.0991 e. The van der Waals surface area contributed by atoms with Crippen molar-refractivity contribution in [1.82, 2.24) is 4.98 Å². The van der Waals surface area contributed by atoms with E-state index in [1.807, 2.05) is 18.3 Å². The molecule has 0 aliphatic carbocycles. The van der Waals surface area contributed by atoms with Crippen molar-refractivity contribution in [3.63, 3.8) is 0 Å². The van der Waals surface area contributed by atoms with Gasteiger partial charge in [-0.1, -0.05) is 0 Å². The van der Waals surface area contributed by atoms with Gasteiger partial charge in [0.15, 0.2) is 0 Å². The van der Waals surface area contributed by atoms with Crippen LogP contribution in [0.1, 0.15) is 5.56 Å². The van der Waals surface area contributed by atoms with Crippen molar-refractivity contribution in [2.45, 2.75) is 0 Å². The van der Waals surface area contributed by atoms with Gasteiger partial charge in [-0.2, -0.15) is 5.26 Å². The van der Waals surface area contributed by atoms with E-state index in [0.717, 1.165) is 15.4 Å². The van der Waals surface area contributed by atoms with Crippen molar-refractivity contribution in [3.05, 3.63) is 34.4 Å². The summed E-state index contributed by atoms with van der Waals surface area (Å²) in [5, 5.41) is 9.70. The number of hydrogen-bond acceptors (Lipinski definition) is 1. The Kier molecular flexibility index (Phi) is 1.63. The normalized spacial score (nSPS) is 10.0. The summed E-state index contributed by atoms with van der Waals surface area (Å²) in [5.41, 5.74) is 1.73. The third kappa shape index (κ3) is 1.01. The SMILES string of the molecule is N#Cc1ccc2[nH]cc(Br)c2c1. The minimum atomic E-state index is 0.683. The number of fused-ring (bicyclic) bond motifs is 1. The number of nitrogens with one attached hydrogen (secondary N) is 1. The lowest BCUT2D eigenvalue weighted by Gasteiger charge is -1.90. The molecule has 0 amide bonds. The molecule has 0 radical (unpaired) electrons.